The van der Waals surface area contributed by atoms with Gasteiger partial charge in [0.1, 0.15) is 12.4 Å². The van der Waals surface area contributed by atoms with Crippen LogP contribution in [0.1, 0.15) is 15.9 Å². The van der Waals surface area contributed by atoms with E-state index in [4.69, 9.17) is 9.47 Å². The SMILES string of the molecule is O=C(COc1ccc(C(=O)c2ccccc2)cc1)NCCOc1ccccc1F. The number of rotatable bonds is 9. The van der Waals surface area contributed by atoms with E-state index in [2.05, 4.69) is 5.32 Å². The maximum Gasteiger partial charge on any atom is 0.258 e. The highest BCUT2D eigenvalue weighted by Gasteiger charge is 2.09. The predicted octanol–water partition coefficient (Wildman–Crippen LogP) is 3.63. The topological polar surface area (TPSA) is 64.6 Å². The molecule has 0 aliphatic rings. The number of carbonyl (C=O) groups is 2. The third-order valence-corrected chi connectivity index (χ3v) is 4.04. The zero-order chi connectivity index (χ0) is 20.5. The Hall–Kier alpha value is -3.67. The summed E-state index contributed by atoms with van der Waals surface area (Å²) in [5.74, 6) is -0.233. The maximum absolute atomic E-state index is 13.4. The number of hydrogen-bond acceptors (Lipinski definition) is 4. The lowest BCUT2D eigenvalue weighted by molar-refractivity contribution is -0.123. The number of ketones is 1. The van der Waals surface area contributed by atoms with E-state index in [9.17, 15) is 14.0 Å². The van der Waals surface area contributed by atoms with Gasteiger partial charge in [-0.25, -0.2) is 4.39 Å². The molecule has 0 saturated carbocycles. The van der Waals surface area contributed by atoms with Crippen molar-refractivity contribution in [2.75, 3.05) is 19.8 Å². The molecule has 29 heavy (non-hydrogen) atoms. The number of amides is 1. The van der Waals surface area contributed by atoms with Crippen LogP contribution in [0.2, 0.25) is 0 Å². The molecule has 3 aromatic rings. The number of hydrogen-bond donors (Lipinski definition) is 1. The van der Waals surface area contributed by atoms with Crippen molar-refractivity contribution in [1.82, 2.24) is 5.32 Å². The van der Waals surface area contributed by atoms with Crippen molar-refractivity contribution in [3.8, 4) is 11.5 Å². The molecule has 0 saturated heterocycles. The zero-order valence-corrected chi connectivity index (χ0v) is 15.6. The minimum absolute atomic E-state index is 0.0789. The van der Waals surface area contributed by atoms with Crippen LogP contribution in [0.15, 0.2) is 78.9 Å². The fraction of sp³-hybridized carbons (Fsp3) is 0.130. The molecule has 0 radical (unpaired) electrons. The second kappa shape index (κ2) is 10.0. The van der Waals surface area contributed by atoms with Gasteiger partial charge in [-0.15, -0.1) is 0 Å². The molecule has 1 amide bonds. The van der Waals surface area contributed by atoms with Crippen molar-refractivity contribution in [1.29, 1.82) is 0 Å². The van der Waals surface area contributed by atoms with Crippen LogP contribution in [-0.4, -0.2) is 31.4 Å². The summed E-state index contributed by atoms with van der Waals surface area (Å²) >= 11 is 0. The van der Waals surface area contributed by atoms with Crippen LogP contribution in [0, 0.1) is 5.82 Å². The summed E-state index contributed by atoms with van der Waals surface area (Å²) in [6, 6.07) is 21.7. The Bertz CT molecular complexity index is 958. The lowest BCUT2D eigenvalue weighted by Gasteiger charge is -2.09. The van der Waals surface area contributed by atoms with Gasteiger partial charge in [0.2, 0.25) is 0 Å². The molecule has 3 aromatic carbocycles. The molecule has 0 atom stereocenters. The molecule has 0 fully saturated rings. The summed E-state index contributed by atoms with van der Waals surface area (Å²) in [6.07, 6.45) is 0. The minimum atomic E-state index is -0.448. The summed E-state index contributed by atoms with van der Waals surface area (Å²) < 4.78 is 24.1. The van der Waals surface area contributed by atoms with Crippen LogP contribution in [0.5, 0.6) is 11.5 Å². The first-order chi connectivity index (χ1) is 14.1. The Kier molecular flexibility index (Phi) is 6.95. The van der Waals surface area contributed by atoms with E-state index in [-0.39, 0.29) is 37.2 Å². The lowest BCUT2D eigenvalue weighted by atomic mass is 10.0. The third-order valence-electron chi connectivity index (χ3n) is 4.04. The van der Waals surface area contributed by atoms with E-state index in [0.717, 1.165) is 0 Å². The van der Waals surface area contributed by atoms with Gasteiger partial charge in [-0.1, -0.05) is 42.5 Å². The van der Waals surface area contributed by atoms with Gasteiger partial charge in [0.15, 0.2) is 24.0 Å². The molecule has 0 spiro atoms. The summed E-state index contributed by atoms with van der Waals surface area (Å²) in [5, 5.41) is 2.63. The number of halogens is 1. The van der Waals surface area contributed by atoms with Gasteiger partial charge in [0.25, 0.3) is 5.91 Å². The first-order valence-electron chi connectivity index (χ1n) is 9.10. The normalized spacial score (nSPS) is 10.2. The van der Waals surface area contributed by atoms with Crippen molar-refractivity contribution < 1.29 is 23.5 Å². The molecular formula is C23H20FNO4. The van der Waals surface area contributed by atoms with E-state index < -0.39 is 5.82 Å². The molecule has 148 valence electrons. The summed E-state index contributed by atoms with van der Waals surface area (Å²) in [5.41, 5.74) is 1.15. The quantitative estimate of drug-likeness (QED) is 0.445. The Morgan fingerprint density at radius 2 is 1.45 bits per heavy atom. The largest absolute Gasteiger partial charge is 0.489 e. The van der Waals surface area contributed by atoms with Crippen LogP contribution in [-0.2, 0) is 4.79 Å². The molecule has 0 aliphatic heterocycles. The van der Waals surface area contributed by atoms with Crippen molar-refractivity contribution in [2.45, 2.75) is 0 Å². The first kappa shape index (κ1) is 20.1. The fourth-order valence-electron chi connectivity index (χ4n) is 2.57. The van der Waals surface area contributed by atoms with E-state index in [1.165, 1.54) is 12.1 Å². The van der Waals surface area contributed by atoms with E-state index in [1.54, 1.807) is 48.5 Å². The second-order valence-electron chi connectivity index (χ2n) is 6.14. The summed E-state index contributed by atoms with van der Waals surface area (Å²) in [4.78, 5) is 24.2. The van der Waals surface area contributed by atoms with E-state index in [0.29, 0.717) is 16.9 Å². The van der Waals surface area contributed by atoms with Gasteiger partial charge < -0.3 is 14.8 Å². The molecule has 5 nitrogen and oxygen atoms in total. The molecule has 3 rings (SSSR count). The minimum Gasteiger partial charge on any atom is -0.489 e. The highest BCUT2D eigenvalue weighted by Crippen LogP contribution is 2.16. The molecule has 0 bridgehead atoms. The molecule has 0 heterocycles. The second-order valence-corrected chi connectivity index (χ2v) is 6.14. The Morgan fingerprint density at radius 3 is 2.17 bits per heavy atom. The van der Waals surface area contributed by atoms with Crippen LogP contribution in [0.4, 0.5) is 4.39 Å². The van der Waals surface area contributed by atoms with E-state index >= 15 is 0 Å². The third kappa shape index (κ3) is 5.90. The van der Waals surface area contributed by atoms with Crippen LogP contribution in [0.25, 0.3) is 0 Å². The van der Waals surface area contributed by atoms with Crippen molar-refractivity contribution >= 4 is 11.7 Å². The van der Waals surface area contributed by atoms with Gasteiger partial charge in [-0.2, -0.15) is 0 Å². The summed E-state index contributed by atoms with van der Waals surface area (Å²) in [7, 11) is 0. The molecule has 0 aromatic heterocycles. The average molecular weight is 393 g/mol. The molecule has 6 heteroatoms. The van der Waals surface area contributed by atoms with Gasteiger partial charge in [0, 0.05) is 11.1 Å². The Labute approximate surface area is 168 Å². The number of ether oxygens (including phenoxy) is 2. The summed E-state index contributed by atoms with van der Waals surface area (Å²) in [6.45, 7) is 0.190. The standard InChI is InChI=1S/C23H20FNO4/c24-20-8-4-5-9-21(20)28-15-14-25-22(26)16-29-19-12-10-18(11-13-19)23(27)17-6-2-1-3-7-17/h1-13H,14-16H2,(H,25,26). The molecular weight excluding hydrogens is 373 g/mol. The van der Waals surface area contributed by atoms with Gasteiger partial charge in [0.05, 0.1) is 6.54 Å². The Balaban J connectivity index is 1.40. The van der Waals surface area contributed by atoms with Gasteiger partial charge in [-0.05, 0) is 36.4 Å². The molecule has 0 unspecified atom stereocenters. The van der Waals surface area contributed by atoms with Crippen LogP contribution >= 0.6 is 0 Å². The van der Waals surface area contributed by atoms with Gasteiger partial charge >= 0.3 is 0 Å². The first-order valence-corrected chi connectivity index (χ1v) is 9.10. The molecule has 1 N–H and O–H groups in total. The number of nitrogens with one attached hydrogen (secondary N) is 1. The van der Waals surface area contributed by atoms with Crippen LogP contribution < -0.4 is 14.8 Å². The highest BCUT2D eigenvalue weighted by molar-refractivity contribution is 6.08. The highest BCUT2D eigenvalue weighted by atomic mass is 19.1. The fourth-order valence-corrected chi connectivity index (χ4v) is 2.57. The smallest absolute Gasteiger partial charge is 0.258 e. The van der Waals surface area contributed by atoms with Crippen molar-refractivity contribution in [2.24, 2.45) is 0 Å². The number of benzene rings is 3. The monoisotopic (exact) mass is 393 g/mol. The molecule has 0 aliphatic carbocycles. The van der Waals surface area contributed by atoms with E-state index in [1.807, 2.05) is 18.2 Å². The maximum atomic E-state index is 13.4. The van der Waals surface area contributed by atoms with Crippen LogP contribution in [0.3, 0.4) is 0 Å². The average Bonchev–Trinajstić information content (AvgIpc) is 2.77. The van der Waals surface area contributed by atoms with Gasteiger partial charge in [-0.3, -0.25) is 9.59 Å². The van der Waals surface area contributed by atoms with Crippen molar-refractivity contribution in [3.63, 3.8) is 0 Å². The predicted molar refractivity (Wildman–Crippen MR) is 107 cm³/mol. The Morgan fingerprint density at radius 1 is 0.793 bits per heavy atom. The number of carbonyl (C=O) groups excluding carboxylic acids is 2. The zero-order valence-electron chi connectivity index (χ0n) is 15.6. The van der Waals surface area contributed by atoms with Crippen molar-refractivity contribution in [3.05, 3.63) is 95.8 Å². The lowest BCUT2D eigenvalue weighted by Crippen LogP contribution is -2.32. The number of para-hydroxylation sites is 1.